The van der Waals surface area contributed by atoms with Gasteiger partial charge in [-0.05, 0) is 60.9 Å². The summed E-state index contributed by atoms with van der Waals surface area (Å²) in [4.78, 5) is 23.5. The van der Waals surface area contributed by atoms with Crippen LogP contribution >= 0.6 is 0 Å². The van der Waals surface area contributed by atoms with Crippen molar-refractivity contribution < 1.29 is 14.3 Å². The molecule has 5 heteroatoms. The number of carbonyl (C=O) groups excluding carboxylic acids is 2. The molecule has 0 saturated carbocycles. The molecule has 142 valence electrons. The summed E-state index contributed by atoms with van der Waals surface area (Å²) in [6.45, 7) is 3.41. The number of fused-ring (bicyclic) bond motifs is 1. The summed E-state index contributed by atoms with van der Waals surface area (Å²) in [6, 6.07) is 13.0. The predicted octanol–water partition coefficient (Wildman–Crippen LogP) is 4.76. The lowest BCUT2D eigenvalue weighted by atomic mass is 9.89. The van der Waals surface area contributed by atoms with Crippen LogP contribution in [0.3, 0.4) is 0 Å². The molecule has 2 amide bonds. The predicted molar refractivity (Wildman–Crippen MR) is 106 cm³/mol. The maximum absolute atomic E-state index is 12.4. The molecule has 5 nitrogen and oxygen atoms in total. The minimum Gasteiger partial charge on any atom is -0.427 e. The normalized spacial score (nSPS) is 14.0. The molecular weight excluding hydrogens is 340 g/mol. The highest BCUT2D eigenvalue weighted by Gasteiger charge is 2.16. The number of hydrogen-bond donors (Lipinski definition) is 2. The highest BCUT2D eigenvalue weighted by molar-refractivity contribution is 5.89. The van der Waals surface area contributed by atoms with E-state index in [1.165, 1.54) is 30.9 Å². The van der Waals surface area contributed by atoms with Crippen molar-refractivity contribution in [1.82, 2.24) is 5.32 Å². The standard InChI is InChI=1S/C22H26N2O3/c1-3-21(18-12-11-16-7-4-5-8-17(16)13-18)24-22(26)23-19-9-6-10-20(14-19)27-15(2)25/h6,9-14,21H,3-5,7-8H2,1-2H3,(H2,23,24,26). The van der Waals surface area contributed by atoms with Gasteiger partial charge < -0.3 is 15.4 Å². The summed E-state index contributed by atoms with van der Waals surface area (Å²) in [5, 5.41) is 5.85. The molecule has 3 rings (SSSR count). The average Bonchev–Trinajstić information content (AvgIpc) is 2.65. The molecule has 0 aromatic heterocycles. The number of esters is 1. The first kappa shape index (κ1) is 19.0. The summed E-state index contributed by atoms with van der Waals surface area (Å²) in [5.74, 6) is 0.0112. The summed E-state index contributed by atoms with van der Waals surface area (Å²) in [7, 11) is 0. The van der Waals surface area contributed by atoms with E-state index in [4.69, 9.17) is 4.74 Å². The second kappa shape index (κ2) is 8.71. The third-order valence-corrected chi connectivity index (χ3v) is 4.84. The molecule has 27 heavy (non-hydrogen) atoms. The smallest absolute Gasteiger partial charge is 0.319 e. The van der Waals surface area contributed by atoms with Gasteiger partial charge in [-0.15, -0.1) is 0 Å². The molecule has 0 radical (unpaired) electrons. The maximum Gasteiger partial charge on any atom is 0.319 e. The Morgan fingerprint density at radius 3 is 2.59 bits per heavy atom. The van der Waals surface area contributed by atoms with Crippen molar-refractivity contribution >= 4 is 17.7 Å². The van der Waals surface area contributed by atoms with Gasteiger partial charge in [0.05, 0.1) is 6.04 Å². The lowest BCUT2D eigenvalue weighted by Crippen LogP contribution is -2.32. The molecule has 2 aromatic carbocycles. The lowest BCUT2D eigenvalue weighted by Gasteiger charge is -2.22. The monoisotopic (exact) mass is 366 g/mol. The van der Waals surface area contributed by atoms with Crippen LogP contribution in [0.1, 0.15) is 55.8 Å². The fourth-order valence-electron chi connectivity index (χ4n) is 3.52. The largest absolute Gasteiger partial charge is 0.427 e. The number of aryl methyl sites for hydroxylation is 2. The van der Waals surface area contributed by atoms with Gasteiger partial charge in [0.1, 0.15) is 5.75 Å². The number of rotatable bonds is 5. The fourth-order valence-corrected chi connectivity index (χ4v) is 3.52. The number of hydrogen-bond acceptors (Lipinski definition) is 3. The van der Waals surface area contributed by atoms with Gasteiger partial charge in [0.25, 0.3) is 0 Å². The number of anilines is 1. The van der Waals surface area contributed by atoms with Gasteiger partial charge in [0, 0.05) is 18.7 Å². The second-order valence-corrected chi connectivity index (χ2v) is 6.92. The highest BCUT2D eigenvalue weighted by Crippen LogP contribution is 2.26. The van der Waals surface area contributed by atoms with Crippen LogP contribution < -0.4 is 15.4 Å². The molecule has 0 heterocycles. The topological polar surface area (TPSA) is 67.4 Å². The number of ether oxygens (including phenoxy) is 1. The molecule has 0 spiro atoms. The minimum absolute atomic E-state index is 0.0473. The van der Waals surface area contributed by atoms with Crippen LogP contribution in [-0.4, -0.2) is 12.0 Å². The van der Waals surface area contributed by atoms with E-state index in [2.05, 4.69) is 35.8 Å². The zero-order valence-electron chi connectivity index (χ0n) is 15.9. The quantitative estimate of drug-likeness (QED) is 0.592. The summed E-state index contributed by atoms with van der Waals surface area (Å²) >= 11 is 0. The van der Waals surface area contributed by atoms with Gasteiger partial charge in [0.15, 0.2) is 0 Å². The zero-order chi connectivity index (χ0) is 19.2. The summed E-state index contributed by atoms with van der Waals surface area (Å²) in [6.07, 6.45) is 5.57. The van der Waals surface area contributed by atoms with Gasteiger partial charge >= 0.3 is 12.0 Å². The maximum atomic E-state index is 12.4. The van der Waals surface area contributed by atoms with Crippen LogP contribution in [-0.2, 0) is 17.6 Å². The first-order valence-electron chi connectivity index (χ1n) is 9.53. The Kier molecular flexibility index (Phi) is 6.12. The van der Waals surface area contributed by atoms with Crippen LogP contribution in [0.15, 0.2) is 42.5 Å². The Hall–Kier alpha value is -2.82. The van der Waals surface area contributed by atoms with E-state index in [9.17, 15) is 9.59 Å². The van der Waals surface area contributed by atoms with Gasteiger partial charge in [-0.2, -0.15) is 0 Å². The van der Waals surface area contributed by atoms with E-state index < -0.39 is 5.97 Å². The van der Waals surface area contributed by atoms with Crippen LogP contribution in [0, 0.1) is 0 Å². The number of amides is 2. The summed E-state index contributed by atoms with van der Waals surface area (Å²) in [5.41, 5.74) is 4.56. The van der Waals surface area contributed by atoms with E-state index in [-0.39, 0.29) is 12.1 Å². The zero-order valence-corrected chi connectivity index (χ0v) is 15.9. The van der Waals surface area contributed by atoms with E-state index in [0.717, 1.165) is 24.8 Å². The molecule has 0 aliphatic heterocycles. The Labute approximate surface area is 160 Å². The third-order valence-electron chi connectivity index (χ3n) is 4.84. The highest BCUT2D eigenvalue weighted by atomic mass is 16.5. The Morgan fingerprint density at radius 2 is 1.85 bits per heavy atom. The number of nitrogens with one attached hydrogen (secondary N) is 2. The molecule has 1 aliphatic rings. The van der Waals surface area contributed by atoms with Gasteiger partial charge in [-0.1, -0.05) is 31.2 Å². The molecule has 1 aliphatic carbocycles. The van der Waals surface area contributed by atoms with Crippen molar-refractivity contribution in [3.8, 4) is 5.75 Å². The molecule has 1 unspecified atom stereocenters. The van der Waals surface area contributed by atoms with Crippen molar-refractivity contribution in [3.05, 3.63) is 59.2 Å². The number of urea groups is 1. The molecule has 1 atom stereocenters. The summed E-state index contributed by atoms with van der Waals surface area (Å²) < 4.78 is 5.05. The van der Waals surface area contributed by atoms with Crippen LogP contribution in [0.5, 0.6) is 5.75 Å². The molecule has 2 N–H and O–H groups in total. The van der Waals surface area contributed by atoms with Crippen LogP contribution in [0.25, 0.3) is 0 Å². The third kappa shape index (κ3) is 5.09. The van der Waals surface area contributed by atoms with E-state index in [1.807, 2.05) is 0 Å². The second-order valence-electron chi connectivity index (χ2n) is 6.92. The van der Waals surface area contributed by atoms with Crippen molar-refractivity contribution in [2.24, 2.45) is 0 Å². The van der Waals surface area contributed by atoms with E-state index in [1.54, 1.807) is 24.3 Å². The minimum atomic E-state index is -0.393. The van der Waals surface area contributed by atoms with Gasteiger partial charge in [0.2, 0.25) is 0 Å². The van der Waals surface area contributed by atoms with Crippen molar-refractivity contribution in [2.45, 2.75) is 52.0 Å². The van der Waals surface area contributed by atoms with Crippen LogP contribution in [0.4, 0.5) is 10.5 Å². The van der Waals surface area contributed by atoms with Crippen molar-refractivity contribution in [1.29, 1.82) is 0 Å². The van der Waals surface area contributed by atoms with Crippen LogP contribution in [0.2, 0.25) is 0 Å². The first-order valence-corrected chi connectivity index (χ1v) is 9.53. The number of carbonyl (C=O) groups is 2. The Morgan fingerprint density at radius 1 is 1.07 bits per heavy atom. The fraction of sp³-hybridized carbons (Fsp3) is 0.364. The van der Waals surface area contributed by atoms with Gasteiger partial charge in [-0.25, -0.2) is 4.79 Å². The lowest BCUT2D eigenvalue weighted by molar-refractivity contribution is -0.131. The Balaban J connectivity index is 1.66. The molecule has 0 bridgehead atoms. The van der Waals surface area contributed by atoms with E-state index in [0.29, 0.717) is 11.4 Å². The van der Waals surface area contributed by atoms with Gasteiger partial charge in [-0.3, -0.25) is 4.79 Å². The Bertz CT molecular complexity index is 832. The van der Waals surface area contributed by atoms with Crippen molar-refractivity contribution in [3.63, 3.8) is 0 Å². The number of benzene rings is 2. The van der Waals surface area contributed by atoms with Crippen molar-refractivity contribution in [2.75, 3.05) is 5.32 Å². The van der Waals surface area contributed by atoms with E-state index >= 15 is 0 Å². The molecule has 0 fully saturated rings. The average molecular weight is 366 g/mol. The first-order chi connectivity index (χ1) is 13.0. The molecule has 2 aromatic rings. The molecule has 0 saturated heterocycles. The molecular formula is C22H26N2O3. The SMILES string of the molecule is CCC(NC(=O)Nc1cccc(OC(C)=O)c1)c1ccc2c(c1)CCCC2.